The summed E-state index contributed by atoms with van der Waals surface area (Å²) in [6, 6.07) is 18.6. The minimum Gasteiger partial charge on any atom is -0.493 e. The van der Waals surface area contributed by atoms with Gasteiger partial charge in [0, 0.05) is 19.1 Å². The van der Waals surface area contributed by atoms with E-state index >= 15 is 0 Å². The molecule has 3 N–H and O–H groups in total. The molecular weight excluding hydrogens is 410 g/mol. The number of hydrogen-bond donors (Lipinski definition) is 3. The zero-order valence-electron chi connectivity index (χ0n) is 20.5. The summed E-state index contributed by atoms with van der Waals surface area (Å²) >= 11 is 0. The predicted molar refractivity (Wildman–Crippen MR) is 136 cm³/mol. The van der Waals surface area contributed by atoms with Gasteiger partial charge in [-0.3, -0.25) is 4.79 Å². The summed E-state index contributed by atoms with van der Waals surface area (Å²) < 4.78 is 5.97. The van der Waals surface area contributed by atoms with Crippen LogP contribution in [0.3, 0.4) is 0 Å². The topological polar surface area (TPSA) is 62.4 Å². The van der Waals surface area contributed by atoms with Crippen LogP contribution in [0.4, 0.5) is 0 Å². The highest BCUT2D eigenvalue weighted by atomic mass is 16.5. The van der Waals surface area contributed by atoms with E-state index in [1.54, 1.807) is 0 Å². The van der Waals surface area contributed by atoms with Gasteiger partial charge in [0.2, 0.25) is 5.91 Å². The number of carbonyl (C=O) groups excluding carboxylic acids is 1. The maximum atomic E-state index is 13.1. The van der Waals surface area contributed by atoms with Gasteiger partial charge in [0.15, 0.2) is 0 Å². The van der Waals surface area contributed by atoms with E-state index in [0.717, 1.165) is 36.6 Å². The summed E-state index contributed by atoms with van der Waals surface area (Å²) in [5, 5.41) is 10.4. The largest absolute Gasteiger partial charge is 0.493 e. The minimum absolute atomic E-state index is 0.0423. The number of ether oxygens (including phenoxy) is 1. The van der Waals surface area contributed by atoms with Crippen molar-refractivity contribution in [1.29, 1.82) is 0 Å². The minimum atomic E-state index is -0.201. The van der Waals surface area contributed by atoms with Gasteiger partial charge < -0.3 is 20.7 Å². The van der Waals surface area contributed by atoms with E-state index in [1.165, 1.54) is 25.7 Å². The molecule has 180 valence electrons. The molecule has 1 fully saturated rings. The SMILES string of the molecule is CCCC(C)COc1ccc([C@H](CNCC2CCCN2)NC(=O)[C@@H](C)c2ccccc2)cc1. The normalized spacial score (nSPS) is 18.5. The van der Waals surface area contributed by atoms with Crippen molar-refractivity contribution in [3.8, 4) is 5.75 Å². The van der Waals surface area contributed by atoms with E-state index in [-0.39, 0.29) is 17.9 Å². The van der Waals surface area contributed by atoms with Crippen LogP contribution in [-0.2, 0) is 4.79 Å². The fourth-order valence-corrected chi connectivity index (χ4v) is 4.39. The predicted octanol–water partition coefficient (Wildman–Crippen LogP) is 4.80. The van der Waals surface area contributed by atoms with Crippen molar-refractivity contribution in [3.05, 3.63) is 65.7 Å². The summed E-state index contributed by atoms with van der Waals surface area (Å²) in [7, 11) is 0. The molecule has 1 heterocycles. The van der Waals surface area contributed by atoms with Crippen molar-refractivity contribution >= 4 is 5.91 Å². The standard InChI is InChI=1S/C28H41N3O2/c1-4-9-21(2)20-33-26-15-13-24(14-16-26)27(19-29-18-25-12-8-17-30-25)31-28(32)22(3)23-10-6-5-7-11-23/h5-7,10-11,13-16,21-22,25,27,29-30H,4,8-9,12,17-20H2,1-3H3,(H,31,32)/t21?,22-,25?,27-/m0/s1. The highest BCUT2D eigenvalue weighted by Crippen LogP contribution is 2.21. The third kappa shape index (κ3) is 8.17. The van der Waals surface area contributed by atoms with Crippen LogP contribution in [-0.4, -0.2) is 38.2 Å². The van der Waals surface area contributed by atoms with Gasteiger partial charge >= 0.3 is 0 Å². The van der Waals surface area contributed by atoms with E-state index < -0.39 is 0 Å². The lowest BCUT2D eigenvalue weighted by Gasteiger charge is -2.23. The molecule has 1 aliphatic rings. The molecular formula is C28H41N3O2. The first kappa shape index (κ1) is 25.3. The van der Waals surface area contributed by atoms with Crippen LogP contribution in [0.15, 0.2) is 54.6 Å². The number of nitrogens with one attached hydrogen (secondary N) is 3. The van der Waals surface area contributed by atoms with Gasteiger partial charge in [0.05, 0.1) is 18.6 Å². The van der Waals surface area contributed by atoms with E-state index in [2.05, 4.69) is 41.9 Å². The first-order valence-corrected chi connectivity index (χ1v) is 12.6. The third-order valence-corrected chi connectivity index (χ3v) is 6.51. The quantitative estimate of drug-likeness (QED) is 0.409. The molecule has 0 aromatic heterocycles. The molecule has 5 heteroatoms. The number of rotatable bonds is 13. The Morgan fingerprint density at radius 3 is 2.52 bits per heavy atom. The molecule has 0 spiro atoms. The van der Waals surface area contributed by atoms with E-state index in [9.17, 15) is 4.79 Å². The molecule has 2 unspecified atom stereocenters. The van der Waals surface area contributed by atoms with Crippen LogP contribution < -0.4 is 20.7 Å². The van der Waals surface area contributed by atoms with Crippen molar-refractivity contribution in [2.24, 2.45) is 5.92 Å². The Labute approximate surface area is 199 Å². The second kappa shape index (κ2) is 13.4. The van der Waals surface area contributed by atoms with Gasteiger partial charge in [0.25, 0.3) is 0 Å². The van der Waals surface area contributed by atoms with Crippen LogP contribution in [0.1, 0.15) is 69.5 Å². The third-order valence-electron chi connectivity index (χ3n) is 6.51. The maximum absolute atomic E-state index is 13.1. The summed E-state index contributed by atoms with van der Waals surface area (Å²) in [5.41, 5.74) is 2.12. The van der Waals surface area contributed by atoms with Crippen molar-refractivity contribution < 1.29 is 9.53 Å². The first-order valence-electron chi connectivity index (χ1n) is 12.6. The Bertz CT molecular complexity index is 819. The fourth-order valence-electron chi connectivity index (χ4n) is 4.39. The lowest BCUT2D eigenvalue weighted by atomic mass is 9.99. The average molecular weight is 452 g/mol. The number of hydrogen-bond acceptors (Lipinski definition) is 4. The van der Waals surface area contributed by atoms with E-state index in [4.69, 9.17) is 4.74 Å². The lowest BCUT2D eigenvalue weighted by molar-refractivity contribution is -0.123. The highest BCUT2D eigenvalue weighted by Gasteiger charge is 2.21. The van der Waals surface area contributed by atoms with Crippen LogP contribution in [0.25, 0.3) is 0 Å². The first-order chi connectivity index (χ1) is 16.1. The summed E-state index contributed by atoms with van der Waals surface area (Å²) in [6.07, 6.45) is 4.79. The summed E-state index contributed by atoms with van der Waals surface area (Å²) in [4.78, 5) is 13.1. The zero-order chi connectivity index (χ0) is 23.5. The van der Waals surface area contributed by atoms with Crippen LogP contribution >= 0.6 is 0 Å². The Morgan fingerprint density at radius 1 is 1.09 bits per heavy atom. The molecule has 2 aromatic rings. The van der Waals surface area contributed by atoms with Gasteiger partial charge in [-0.15, -0.1) is 0 Å². The highest BCUT2D eigenvalue weighted by molar-refractivity contribution is 5.83. The van der Waals surface area contributed by atoms with Gasteiger partial charge in [-0.1, -0.05) is 62.7 Å². The van der Waals surface area contributed by atoms with E-state index in [1.807, 2.05) is 49.4 Å². The molecule has 33 heavy (non-hydrogen) atoms. The Balaban J connectivity index is 1.63. The van der Waals surface area contributed by atoms with Gasteiger partial charge in [-0.2, -0.15) is 0 Å². The van der Waals surface area contributed by atoms with Gasteiger partial charge in [-0.25, -0.2) is 0 Å². The average Bonchev–Trinajstić information content (AvgIpc) is 3.36. The summed E-state index contributed by atoms with van der Waals surface area (Å²) in [6.45, 7) is 9.83. The molecule has 1 saturated heterocycles. The van der Waals surface area contributed by atoms with Gasteiger partial charge in [0.1, 0.15) is 5.75 Å². The Hall–Kier alpha value is -2.37. The molecule has 0 aliphatic carbocycles. The van der Waals surface area contributed by atoms with E-state index in [0.29, 0.717) is 18.5 Å². The monoisotopic (exact) mass is 451 g/mol. The fraction of sp³-hybridized carbons (Fsp3) is 0.536. The molecule has 2 aromatic carbocycles. The van der Waals surface area contributed by atoms with Crippen molar-refractivity contribution in [1.82, 2.24) is 16.0 Å². The summed E-state index contributed by atoms with van der Waals surface area (Å²) in [5.74, 6) is 1.27. The second-order valence-electron chi connectivity index (χ2n) is 9.42. The zero-order valence-corrected chi connectivity index (χ0v) is 20.5. The van der Waals surface area contributed by atoms with Crippen LogP contribution in [0, 0.1) is 5.92 Å². The van der Waals surface area contributed by atoms with Crippen LogP contribution in [0.5, 0.6) is 5.75 Å². The molecule has 0 bridgehead atoms. The number of carbonyl (C=O) groups is 1. The van der Waals surface area contributed by atoms with Gasteiger partial charge in [-0.05, 0) is 61.9 Å². The number of amides is 1. The van der Waals surface area contributed by atoms with Crippen molar-refractivity contribution in [2.75, 3.05) is 26.2 Å². The van der Waals surface area contributed by atoms with Crippen molar-refractivity contribution in [3.63, 3.8) is 0 Å². The molecule has 1 aliphatic heterocycles. The lowest BCUT2D eigenvalue weighted by Crippen LogP contribution is -2.41. The molecule has 5 nitrogen and oxygen atoms in total. The smallest absolute Gasteiger partial charge is 0.227 e. The van der Waals surface area contributed by atoms with Crippen molar-refractivity contribution in [2.45, 2.75) is 64.5 Å². The molecule has 0 radical (unpaired) electrons. The second-order valence-corrected chi connectivity index (χ2v) is 9.42. The van der Waals surface area contributed by atoms with Crippen LogP contribution in [0.2, 0.25) is 0 Å². The number of benzene rings is 2. The molecule has 0 saturated carbocycles. The maximum Gasteiger partial charge on any atom is 0.227 e. The Morgan fingerprint density at radius 2 is 1.85 bits per heavy atom. The molecule has 1 amide bonds. The molecule has 3 rings (SSSR count). The Kier molecular flexibility index (Phi) is 10.2. The molecule has 4 atom stereocenters.